The number of nitrogen functional groups attached to an aromatic ring is 1. The van der Waals surface area contributed by atoms with Crippen molar-refractivity contribution in [2.45, 2.75) is 13.5 Å². The summed E-state index contributed by atoms with van der Waals surface area (Å²) in [6.45, 7) is 1.93. The molecule has 0 radical (unpaired) electrons. The van der Waals surface area contributed by atoms with Gasteiger partial charge in [-0.15, -0.1) is 0 Å². The fourth-order valence-electron chi connectivity index (χ4n) is 1.79. The van der Waals surface area contributed by atoms with E-state index in [-0.39, 0.29) is 6.61 Å². The topological polar surface area (TPSA) is 74.4 Å². The van der Waals surface area contributed by atoms with E-state index in [2.05, 4.69) is 20.9 Å². The molecule has 110 valence electrons. The molecule has 0 saturated carbocycles. The maximum atomic E-state index is 12.0. The van der Waals surface area contributed by atoms with Gasteiger partial charge in [-0.3, -0.25) is 4.98 Å². The van der Waals surface area contributed by atoms with Crippen molar-refractivity contribution in [3.05, 3.63) is 51.8 Å². The zero-order valence-corrected chi connectivity index (χ0v) is 13.3. The SMILES string of the molecule is COc1cc(C)nc(COC(=O)c2ccc(Br)c(N)c2)c1. The van der Waals surface area contributed by atoms with Gasteiger partial charge in [-0.1, -0.05) is 0 Å². The van der Waals surface area contributed by atoms with Crippen LogP contribution in [-0.2, 0) is 11.3 Å². The van der Waals surface area contributed by atoms with Crippen molar-refractivity contribution >= 4 is 27.6 Å². The van der Waals surface area contributed by atoms with Crippen molar-refractivity contribution in [2.24, 2.45) is 0 Å². The van der Waals surface area contributed by atoms with E-state index in [0.29, 0.717) is 22.7 Å². The third kappa shape index (κ3) is 3.95. The van der Waals surface area contributed by atoms with Crippen molar-refractivity contribution in [1.29, 1.82) is 0 Å². The second kappa shape index (κ2) is 6.58. The Morgan fingerprint density at radius 3 is 2.76 bits per heavy atom. The second-order valence-corrected chi connectivity index (χ2v) is 5.31. The van der Waals surface area contributed by atoms with E-state index in [0.717, 1.165) is 10.2 Å². The molecule has 0 fully saturated rings. The van der Waals surface area contributed by atoms with Gasteiger partial charge in [0.2, 0.25) is 0 Å². The number of methoxy groups -OCH3 is 1. The van der Waals surface area contributed by atoms with Crippen LogP contribution in [0.15, 0.2) is 34.8 Å². The number of pyridine rings is 1. The summed E-state index contributed by atoms with van der Waals surface area (Å²) in [7, 11) is 1.58. The van der Waals surface area contributed by atoms with E-state index in [1.165, 1.54) is 0 Å². The Labute approximate surface area is 131 Å². The number of nitrogens with zero attached hydrogens (tertiary/aromatic N) is 1. The molecule has 2 N–H and O–H groups in total. The number of hydrogen-bond donors (Lipinski definition) is 1. The predicted molar refractivity (Wildman–Crippen MR) is 83.2 cm³/mol. The van der Waals surface area contributed by atoms with Gasteiger partial charge in [0.1, 0.15) is 12.4 Å². The van der Waals surface area contributed by atoms with Crippen LogP contribution in [0, 0.1) is 6.92 Å². The number of carbonyl (C=O) groups is 1. The monoisotopic (exact) mass is 350 g/mol. The molecule has 0 saturated heterocycles. The standard InChI is InChI=1S/C15H15BrN2O3/c1-9-5-12(20-2)7-11(18-9)8-21-15(19)10-3-4-13(16)14(17)6-10/h3-7H,8,17H2,1-2H3. The number of benzene rings is 1. The van der Waals surface area contributed by atoms with Gasteiger partial charge in [0.05, 0.1) is 18.4 Å². The van der Waals surface area contributed by atoms with Crippen molar-refractivity contribution in [1.82, 2.24) is 4.98 Å². The molecular formula is C15H15BrN2O3. The number of nitrogens with two attached hydrogens (primary N) is 1. The van der Waals surface area contributed by atoms with E-state index < -0.39 is 5.97 Å². The van der Waals surface area contributed by atoms with Crippen LogP contribution in [0.5, 0.6) is 5.75 Å². The Balaban J connectivity index is 2.07. The summed E-state index contributed by atoms with van der Waals surface area (Å²) in [5.41, 5.74) is 8.05. The molecule has 21 heavy (non-hydrogen) atoms. The van der Waals surface area contributed by atoms with E-state index >= 15 is 0 Å². The number of hydrogen-bond acceptors (Lipinski definition) is 5. The van der Waals surface area contributed by atoms with Crippen LogP contribution in [-0.4, -0.2) is 18.1 Å². The molecule has 2 rings (SSSR count). The lowest BCUT2D eigenvalue weighted by atomic mass is 10.2. The van der Waals surface area contributed by atoms with Gasteiger partial charge in [-0.25, -0.2) is 4.79 Å². The molecule has 0 bridgehead atoms. The molecule has 6 heteroatoms. The fraction of sp³-hybridized carbons (Fsp3) is 0.200. The maximum Gasteiger partial charge on any atom is 0.338 e. The molecular weight excluding hydrogens is 336 g/mol. The average molecular weight is 351 g/mol. The lowest BCUT2D eigenvalue weighted by molar-refractivity contribution is 0.0467. The summed E-state index contributed by atoms with van der Waals surface area (Å²) in [6, 6.07) is 8.46. The number of aromatic nitrogens is 1. The van der Waals surface area contributed by atoms with E-state index in [9.17, 15) is 4.79 Å². The summed E-state index contributed by atoms with van der Waals surface area (Å²) >= 11 is 3.28. The highest BCUT2D eigenvalue weighted by Gasteiger charge is 2.10. The predicted octanol–water partition coefficient (Wildman–Crippen LogP) is 3.10. The van der Waals surface area contributed by atoms with Crippen molar-refractivity contribution in [3.63, 3.8) is 0 Å². The van der Waals surface area contributed by atoms with Gasteiger partial charge in [0.15, 0.2) is 0 Å². The number of halogens is 1. The quantitative estimate of drug-likeness (QED) is 0.677. The number of esters is 1. The average Bonchev–Trinajstić information content (AvgIpc) is 2.47. The normalized spacial score (nSPS) is 10.2. The summed E-state index contributed by atoms with van der Waals surface area (Å²) in [5, 5.41) is 0. The number of rotatable bonds is 4. The van der Waals surface area contributed by atoms with Crippen LogP contribution in [0.25, 0.3) is 0 Å². The Hall–Kier alpha value is -2.08. The first-order chi connectivity index (χ1) is 9.99. The molecule has 0 aliphatic carbocycles. The molecule has 1 aromatic carbocycles. The first-order valence-electron chi connectivity index (χ1n) is 6.23. The Bertz CT molecular complexity index is 674. The van der Waals surface area contributed by atoms with Crippen molar-refractivity contribution in [2.75, 3.05) is 12.8 Å². The van der Waals surface area contributed by atoms with E-state index in [4.69, 9.17) is 15.2 Å². The van der Waals surface area contributed by atoms with Gasteiger partial charge in [-0.05, 0) is 41.1 Å². The molecule has 1 aromatic heterocycles. The van der Waals surface area contributed by atoms with E-state index in [1.54, 1.807) is 37.4 Å². The number of aryl methyl sites for hydroxylation is 1. The van der Waals surface area contributed by atoms with Crippen LogP contribution in [0.2, 0.25) is 0 Å². The molecule has 1 heterocycles. The molecule has 0 aliphatic heterocycles. The van der Waals surface area contributed by atoms with Gasteiger partial charge < -0.3 is 15.2 Å². The minimum atomic E-state index is -0.448. The van der Waals surface area contributed by atoms with Crippen LogP contribution < -0.4 is 10.5 Å². The minimum absolute atomic E-state index is 0.0762. The van der Waals surface area contributed by atoms with Crippen LogP contribution in [0.1, 0.15) is 21.7 Å². The third-order valence-corrected chi connectivity index (χ3v) is 3.52. The summed E-state index contributed by atoms with van der Waals surface area (Å²) in [6.07, 6.45) is 0. The Morgan fingerprint density at radius 2 is 2.10 bits per heavy atom. The lowest BCUT2D eigenvalue weighted by Gasteiger charge is -2.08. The van der Waals surface area contributed by atoms with Gasteiger partial charge >= 0.3 is 5.97 Å². The highest BCUT2D eigenvalue weighted by Crippen LogP contribution is 2.21. The first-order valence-corrected chi connectivity index (χ1v) is 7.02. The number of ether oxygens (including phenoxy) is 2. The van der Waals surface area contributed by atoms with Gasteiger partial charge in [0, 0.05) is 28.0 Å². The van der Waals surface area contributed by atoms with Gasteiger partial charge in [0.25, 0.3) is 0 Å². The largest absolute Gasteiger partial charge is 0.497 e. The second-order valence-electron chi connectivity index (χ2n) is 4.45. The highest BCUT2D eigenvalue weighted by atomic mass is 79.9. The van der Waals surface area contributed by atoms with Crippen LogP contribution >= 0.6 is 15.9 Å². The summed E-state index contributed by atoms with van der Waals surface area (Å²) < 4.78 is 11.1. The Morgan fingerprint density at radius 1 is 1.33 bits per heavy atom. The Kier molecular flexibility index (Phi) is 4.80. The number of carbonyl (C=O) groups excluding carboxylic acids is 1. The van der Waals surface area contributed by atoms with Crippen molar-refractivity contribution in [3.8, 4) is 5.75 Å². The fourth-order valence-corrected chi connectivity index (χ4v) is 2.03. The molecule has 0 spiro atoms. The third-order valence-electron chi connectivity index (χ3n) is 2.80. The number of anilines is 1. The highest BCUT2D eigenvalue weighted by molar-refractivity contribution is 9.10. The zero-order valence-electron chi connectivity index (χ0n) is 11.7. The van der Waals surface area contributed by atoms with Crippen LogP contribution in [0.4, 0.5) is 5.69 Å². The van der Waals surface area contributed by atoms with Crippen LogP contribution in [0.3, 0.4) is 0 Å². The van der Waals surface area contributed by atoms with Crippen molar-refractivity contribution < 1.29 is 14.3 Å². The summed E-state index contributed by atoms with van der Waals surface area (Å²) in [5.74, 6) is 0.234. The van der Waals surface area contributed by atoms with E-state index in [1.807, 2.05) is 6.92 Å². The molecule has 0 unspecified atom stereocenters. The molecule has 5 nitrogen and oxygen atoms in total. The minimum Gasteiger partial charge on any atom is -0.497 e. The lowest BCUT2D eigenvalue weighted by Crippen LogP contribution is -2.07. The zero-order chi connectivity index (χ0) is 15.4. The van der Waals surface area contributed by atoms with Gasteiger partial charge in [-0.2, -0.15) is 0 Å². The molecule has 2 aromatic rings. The molecule has 0 amide bonds. The molecule has 0 aliphatic rings. The smallest absolute Gasteiger partial charge is 0.338 e. The maximum absolute atomic E-state index is 12.0. The molecule has 0 atom stereocenters. The first kappa shape index (κ1) is 15.3. The summed E-state index contributed by atoms with van der Waals surface area (Å²) in [4.78, 5) is 16.3.